The molecule has 1 saturated carbocycles. The highest BCUT2D eigenvalue weighted by Gasteiger charge is 2.49. The van der Waals surface area contributed by atoms with E-state index in [9.17, 15) is 9.59 Å². The Morgan fingerprint density at radius 3 is 2.60 bits per heavy atom. The summed E-state index contributed by atoms with van der Waals surface area (Å²) in [6, 6.07) is 13.4. The van der Waals surface area contributed by atoms with E-state index in [0.29, 0.717) is 23.9 Å². The molecule has 2 aliphatic rings. The van der Waals surface area contributed by atoms with Gasteiger partial charge in [-0.1, -0.05) is 43.5 Å². The van der Waals surface area contributed by atoms with E-state index in [1.807, 2.05) is 54.0 Å². The Labute approximate surface area is 205 Å². The van der Waals surface area contributed by atoms with Crippen LogP contribution in [0.2, 0.25) is 0 Å². The van der Waals surface area contributed by atoms with Gasteiger partial charge in [-0.3, -0.25) is 9.59 Å². The number of rotatable bonds is 6. The summed E-state index contributed by atoms with van der Waals surface area (Å²) in [7, 11) is 3.16. The van der Waals surface area contributed by atoms with Crippen LogP contribution in [0.4, 0.5) is 0 Å². The molecule has 0 saturated heterocycles. The van der Waals surface area contributed by atoms with Crippen molar-refractivity contribution >= 4 is 22.8 Å². The Morgan fingerprint density at radius 2 is 1.86 bits per heavy atom. The number of ether oxygens (including phenoxy) is 2. The van der Waals surface area contributed by atoms with Gasteiger partial charge in [-0.15, -0.1) is 0 Å². The molecule has 2 aromatic carbocycles. The third kappa shape index (κ3) is 4.00. The molecule has 8 nitrogen and oxygen atoms in total. The fourth-order valence-electron chi connectivity index (χ4n) is 5.41. The second-order valence-corrected chi connectivity index (χ2v) is 9.64. The van der Waals surface area contributed by atoms with Crippen LogP contribution in [0.5, 0.6) is 11.5 Å². The average molecular weight is 477 g/mol. The second-order valence-electron chi connectivity index (χ2n) is 9.64. The predicted octanol–water partition coefficient (Wildman–Crippen LogP) is 3.92. The largest absolute Gasteiger partial charge is 0.493 e. The summed E-state index contributed by atoms with van der Waals surface area (Å²) in [5.41, 5.74) is 1.25. The minimum absolute atomic E-state index is 0.136. The Balaban J connectivity index is 1.58. The fourth-order valence-corrected chi connectivity index (χ4v) is 5.41. The zero-order valence-corrected chi connectivity index (χ0v) is 20.5. The van der Waals surface area contributed by atoms with E-state index in [-0.39, 0.29) is 24.4 Å². The minimum atomic E-state index is -1.11. The fraction of sp³-hybridized carbons (Fsp3) is 0.444. The molecule has 1 aliphatic heterocycles. The van der Waals surface area contributed by atoms with E-state index in [0.717, 1.165) is 42.3 Å². The minimum Gasteiger partial charge on any atom is -0.493 e. The summed E-state index contributed by atoms with van der Waals surface area (Å²) in [4.78, 5) is 34.1. The topological polar surface area (TPSA) is 85.7 Å². The third-order valence-corrected chi connectivity index (χ3v) is 7.40. The van der Waals surface area contributed by atoms with Gasteiger partial charge in [0.15, 0.2) is 17.3 Å². The highest BCUT2D eigenvalue weighted by molar-refractivity contribution is 6.01. The summed E-state index contributed by atoms with van der Waals surface area (Å²) in [5.74, 6) is 1.06. The van der Waals surface area contributed by atoms with Crippen molar-refractivity contribution in [2.24, 2.45) is 0 Å². The van der Waals surface area contributed by atoms with E-state index in [1.165, 1.54) is 6.42 Å². The van der Waals surface area contributed by atoms with E-state index in [1.54, 1.807) is 19.1 Å². The van der Waals surface area contributed by atoms with E-state index >= 15 is 0 Å². The van der Waals surface area contributed by atoms with Crippen molar-refractivity contribution in [2.45, 2.75) is 63.7 Å². The maximum Gasteiger partial charge on any atom is 0.291 e. The monoisotopic (exact) mass is 476 g/mol. The van der Waals surface area contributed by atoms with Crippen molar-refractivity contribution in [1.82, 2.24) is 19.8 Å². The lowest BCUT2D eigenvalue weighted by molar-refractivity contribution is -0.134. The van der Waals surface area contributed by atoms with Crippen LogP contribution in [0.25, 0.3) is 11.0 Å². The molecule has 3 aromatic rings. The number of methoxy groups -OCH3 is 2. The maximum atomic E-state index is 13.9. The van der Waals surface area contributed by atoms with E-state index in [2.05, 4.69) is 10.3 Å². The first kappa shape index (κ1) is 23.2. The van der Waals surface area contributed by atoms with Gasteiger partial charge in [-0.25, -0.2) is 4.98 Å². The van der Waals surface area contributed by atoms with Gasteiger partial charge in [0.25, 0.3) is 5.91 Å². The Kier molecular flexibility index (Phi) is 6.13. The first-order valence-electron chi connectivity index (χ1n) is 12.2. The number of para-hydroxylation sites is 3. The summed E-state index contributed by atoms with van der Waals surface area (Å²) < 4.78 is 13.0. The molecular weight excluding hydrogens is 444 g/mol. The maximum absolute atomic E-state index is 13.9. The second kappa shape index (κ2) is 9.24. The molecule has 1 atom stereocenters. The molecular formula is C27H32N4O4. The van der Waals surface area contributed by atoms with E-state index in [4.69, 9.17) is 9.47 Å². The molecule has 1 N–H and O–H groups in total. The van der Waals surface area contributed by atoms with Crippen LogP contribution >= 0.6 is 0 Å². The van der Waals surface area contributed by atoms with Crippen LogP contribution in [0.1, 0.15) is 55.2 Å². The number of hydrogen-bond donors (Lipinski definition) is 1. The van der Waals surface area contributed by atoms with Gasteiger partial charge in [0.2, 0.25) is 5.91 Å². The number of carbonyl (C=O) groups excluding carboxylic acids is 2. The first-order chi connectivity index (χ1) is 17.0. The summed E-state index contributed by atoms with van der Waals surface area (Å²) in [6.07, 6.45) is 5.37. The first-order valence-corrected chi connectivity index (χ1v) is 12.2. The van der Waals surface area contributed by atoms with Gasteiger partial charge in [-0.2, -0.15) is 0 Å². The number of nitrogens with zero attached hydrogens (tertiary/aromatic N) is 3. The molecule has 1 fully saturated rings. The average Bonchev–Trinajstić information content (AvgIpc) is 3.25. The third-order valence-electron chi connectivity index (χ3n) is 7.40. The molecule has 0 unspecified atom stereocenters. The Hall–Kier alpha value is -3.55. The molecule has 5 rings (SSSR count). The number of imidazole rings is 1. The Bertz CT molecular complexity index is 1260. The van der Waals surface area contributed by atoms with Crippen molar-refractivity contribution in [2.75, 3.05) is 14.2 Å². The van der Waals surface area contributed by atoms with Crippen LogP contribution in [-0.4, -0.2) is 52.1 Å². The van der Waals surface area contributed by atoms with E-state index < -0.39 is 5.54 Å². The molecule has 2 heterocycles. The lowest BCUT2D eigenvalue weighted by Gasteiger charge is -2.44. The van der Waals surface area contributed by atoms with Crippen LogP contribution < -0.4 is 14.8 Å². The lowest BCUT2D eigenvalue weighted by atomic mass is 9.91. The molecule has 184 valence electrons. The Morgan fingerprint density at radius 1 is 1.09 bits per heavy atom. The molecule has 2 amide bonds. The predicted molar refractivity (Wildman–Crippen MR) is 133 cm³/mol. The van der Waals surface area contributed by atoms with Crippen molar-refractivity contribution in [3.63, 3.8) is 0 Å². The zero-order chi connectivity index (χ0) is 24.6. The molecule has 0 radical (unpaired) electrons. The van der Waals surface area contributed by atoms with Gasteiger partial charge >= 0.3 is 0 Å². The van der Waals surface area contributed by atoms with Crippen molar-refractivity contribution in [3.8, 4) is 11.5 Å². The van der Waals surface area contributed by atoms with Gasteiger partial charge in [0.05, 0.1) is 38.3 Å². The number of nitrogens with one attached hydrogen (secondary N) is 1. The normalized spacial score (nSPS) is 20.5. The molecule has 35 heavy (non-hydrogen) atoms. The highest BCUT2D eigenvalue weighted by Crippen LogP contribution is 2.36. The standard InChI is InChI=1S/C27H32N4O4/c1-27(26(33)28-19-11-5-4-6-12-19)17-30-21-14-8-7-13-20(21)29-24(30)25(32)31(27)16-18-10-9-15-22(34-2)23(18)35-3/h7-10,13-15,19H,4-6,11-12,16-17H2,1-3H3,(H,28,33)/t27-/m1/s1. The van der Waals surface area contributed by atoms with Crippen molar-refractivity contribution in [3.05, 3.63) is 53.9 Å². The lowest BCUT2D eigenvalue weighted by Crippen LogP contribution is -2.64. The van der Waals surface area contributed by atoms with Gasteiger partial charge in [-0.05, 0) is 38.0 Å². The summed E-state index contributed by atoms with van der Waals surface area (Å²) in [5, 5.41) is 3.27. The van der Waals surface area contributed by atoms with Gasteiger partial charge < -0.3 is 24.3 Å². The number of benzene rings is 2. The zero-order valence-electron chi connectivity index (χ0n) is 20.5. The SMILES string of the molecule is COc1cccc(CN2C(=O)c3nc4ccccc4n3C[C@]2(C)C(=O)NC2CCCCC2)c1OC. The number of fused-ring (bicyclic) bond motifs is 3. The summed E-state index contributed by atoms with van der Waals surface area (Å²) in [6.45, 7) is 2.36. The molecule has 1 aliphatic carbocycles. The molecule has 0 bridgehead atoms. The number of aromatic nitrogens is 2. The quantitative estimate of drug-likeness (QED) is 0.583. The van der Waals surface area contributed by atoms with Crippen molar-refractivity contribution < 1.29 is 19.1 Å². The number of hydrogen-bond acceptors (Lipinski definition) is 5. The number of amides is 2. The molecule has 1 aromatic heterocycles. The molecule has 0 spiro atoms. The van der Waals surface area contributed by atoms with Crippen molar-refractivity contribution in [1.29, 1.82) is 0 Å². The number of carbonyl (C=O) groups is 2. The van der Waals surface area contributed by atoms with Crippen LogP contribution in [0.15, 0.2) is 42.5 Å². The summed E-state index contributed by atoms with van der Waals surface area (Å²) >= 11 is 0. The van der Waals surface area contributed by atoms with Gasteiger partial charge in [0, 0.05) is 11.6 Å². The van der Waals surface area contributed by atoms with Crippen LogP contribution in [-0.2, 0) is 17.9 Å². The highest BCUT2D eigenvalue weighted by atomic mass is 16.5. The smallest absolute Gasteiger partial charge is 0.291 e. The van der Waals surface area contributed by atoms with Gasteiger partial charge in [0.1, 0.15) is 5.54 Å². The van der Waals surface area contributed by atoms with Crippen LogP contribution in [0, 0.1) is 0 Å². The van der Waals surface area contributed by atoms with Crippen LogP contribution in [0.3, 0.4) is 0 Å². The molecule has 8 heteroatoms.